The molecule has 0 fully saturated rings. The Morgan fingerprint density at radius 3 is 2.33 bits per heavy atom. The number of pyridine rings is 1. The van der Waals surface area contributed by atoms with Crippen LogP contribution in [-0.4, -0.2) is 23.3 Å². The molecule has 102 valence electrons. The molecule has 0 amide bonds. The molecule has 0 bridgehead atoms. The number of aromatic nitrogens is 1. The van der Waals surface area contributed by atoms with E-state index in [1.807, 2.05) is 20.8 Å². The first kappa shape index (κ1) is 14.8. The third-order valence-corrected chi connectivity index (χ3v) is 2.00. The molecule has 0 spiro atoms. The zero-order valence-electron chi connectivity index (χ0n) is 10.6. The lowest BCUT2D eigenvalue weighted by atomic mass is 10.1. The maximum Gasteiger partial charge on any atom is 0.422 e. The molecule has 0 aliphatic carbocycles. The van der Waals surface area contributed by atoms with Crippen LogP contribution < -0.4 is 10.1 Å². The lowest BCUT2D eigenvalue weighted by Crippen LogP contribution is -2.35. The molecule has 1 N–H and O–H groups in total. The molecule has 0 unspecified atom stereocenters. The summed E-state index contributed by atoms with van der Waals surface area (Å²) in [5, 5.41) is 3.25. The summed E-state index contributed by atoms with van der Waals surface area (Å²) < 4.78 is 40.2. The normalized spacial score (nSPS) is 12.6. The van der Waals surface area contributed by atoms with E-state index in [1.54, 1.807) is 6.07 Å². The fourth-order valence-electron chi connectivity index (χ4n) is 1.12. The van der Waals surface area contributed by atoms with Crippen molar-refractivity contribution in [3.8, 4) is 5.88 Å². The number of halogens is 3. The first-order valence-corrected chi connectivity index (χ1v) is 5.55. The molecule has 0 radical (unpaired) electrons. The molecule has 0 atom stereocenters. The maximum atomic E-state index is 11.9. The van der Waals surface area contributed by atoms with Gasteiger partial charge in [-0.15, -0.1) is 0 Å². The van der Waals surface area contributed by atoms with Crippen molar-refractivity contribution >= 4 is 0 Å². The minimum absolute atomic E-state index is 0.0215. The number of rotatable bonds is 4. The summed E-state index contributed by atoms with van der Waals surface area (Å²) in [7, 11) is 0. The largest absolute Gasteiger partial charge is 0.468 e. The van der Waals surface area contributed by atoms with Crippen molar-refractivity contribution in [2.24, 2.45) is 0 Å². The van der Waals surface area contributed by atoms with E-state index < -0.39 is 12.8 Å². The van der Waals surface area contributed by atoms with Crippen molar-refractivity contribution in [1.82, 2.24) is 10.3 Å². The number of hydrogen-bond acceptors (Lipinski definition) is 3. The first-order valence-electron chi connectivity index (χ1n) is 5.55. The average molecular weight is 262 g/mol. The van der Waals surface area contributed by atoms with E-state index in [9.17, 15) is 13.2 Å². The van der Waals surface area contributed by atoms with Gasteiger partial charge in [0.05, 0.1) is 0 Å². The zero-order valence-corrected chi connectivity index (χ0v) is 10.6. The van der Waals surface area contributed by atoms with Gasteiger partial charge in [-0.05, 0) is 26.3 Å². The maximum absolute atomic E-state index is 11.9. The second-order valence-electron chi connectivity index (χ2n) is 5.01. The molecular formula is C12H17F3N2O. The minimum Gasteiger partial charge on any atom is -0.468 e. The van der Waals surface area contributed by atoms with Gasteiger partial charge in [-0.25, -0.2) is 4.98 Å². The molecule has 0 aliphatic rings. The highest BCUT2D eigenvalue weighted by atomic mass is 19.4. The molecule has 0 saturated carbocycles. The van der Waals surface area contributed by atoms with Crippen molar-refractivity contribution in [3.63, 3.8) is 0 Å². The van der Waals surface area contributed by atoms with Gasteiger partial charge in [-0.3, -0.25) is 0 Å². The Balaban J connectivity index is 2.48. The first-order chi connectivity index (χ1) is 8.16. The molecule has 1 aromatic rings. The Morgan fingerprint density at radius 2 is 1.89 bits per heavy atom. The molecule has 0 aromatic carbocycles. The molecule has 1 rings (SSSR count). The van der Waals surface area contributed by atoms with E-state index in [4.69, 9.17) is 0 Å². The van der Waals surface area contributed by atoms with Crippen molar-refractivity contribution < 1.29 is 17.9 Å². The van der Waals surface area contributed by atoms with Gasteiger partial charge < -0.3 is 10.1 Å². The van der Waals surface area contributed by atoms with Crippen LogP contribution in [0.15, 0.2) is 18.3 Å². The summed E-state index contributed by atoms with van der Waals surface area (Å²) in [6.45, 7) is 5.37. The quantitative estimate of drug-likeness (QED) is 0.906. The second-order valence-corrected chi connectivity index (χ2v) is 5.01. The van der Waals surface area contributed by atoms with Crippen molar-refractivity contribution in [1.29, 1.82) is 0 Å². The predicted octanol–water partition coefficient (Wildman–Crippen LogP) is 2.91. The van der Waals surface area contributed by atoms with E-state index in [-0.39, 0.29) is 11.4 Å². The molecule has 18 heavy (non-hydrogen) atoms. The fourth-order valence-corrected chi connectivity index (χ4v) is 1.12. The Hall–Kier alpha value is -1.30. The summed E-state index contributed by atoms with van der Waals surface area (Å²) in [6.07, 6.45) is -2.83. The predicted molar refractivity (Wildman–Crippen MR) is 62.4 cm³/mol. The van der Waals surface area contributed by atoms with E-state index >= 15 is 0 Å². The molecular weight excluding hydrogens is 245 g/mol. The number of alkyl halides is 3. The highest BCUT2D eigenvalue weighted by Crippen LogP contribution is 2.17. The van der Waals surface area contributed by atoms with Gasteiger partial charge in [0.1, 0.15) is 0 Å². The lowest BCUT2D eigenvalue weighted by Gasteiger charge is -2.20. The second kappa shape index (κ2) is 5.56. The van der Waals surface area contributed by atoms with Gasteiger partial charge in [0.2, 0.25) is 5.88 Å². The minimum atomic E-state index is -4.34. The van der Waals surface area contributed by atoms with Crippen LogP contribution in [0.4, 0.5) is 13.2 Å². The van der Waals surface area contributed by atoms with Crippen molar-refractivity contribution in [3.05, 3.63) is 23.9 Å². The summed E-state index contributed by atoms with van der Waals surface area (Å²) in [4.78, 5) is 3.82. The number of nitrogens with zero attached hydrogens (tertiary/aromatic N) is 1. The van der Waals surface area contributed by atoms with Gasteiger partial charge in [0, 0.05) is 24.3 Å². The number of hydrogen-bond donors (Lipinski definition) is 1. The van der Waals surface area contributed by atoms with Gasteiger partial charge >= 0.3 is 6.18 Å². The Bertz CT molecular complexity index is 331. The van der Waals surface area contributed by atoms with Crippen LogP contribution >= 0.6 is 0 Å². The summed E-state index contributed by atoms with van der Waals surface area (Å²) in [5.74, 6) is -0.0215. The van der Waals surface area contributed by atoms with Gasteiger partial charge in [-0.1, -0.05) is 6.07 Å². The Labute approximate surface area is 104 Å². The highest BCUT2D eigenvalue weighted by molar-refractivity contribution is 5.17. The Morgan fingerprint density at radius 1 is 1.22 bits per heavy atom. The number of nitrogens with one attached hydrogen (secondary N) is 1. The molecule has 0 saturated heterocycles. The smallest absolute Gasteiger partial charge is 0.422 e. The third-order valence-electron chi connectivity index (χ3n) is 2.00. The van der Waals surface area contributed by atoms with Gasteiger partial charge in [0.15, 0.2) is 6.61 Å². The molecule has 1 aromatic heterocycles. The van der Waals surface area contributed by atoms with Crippen LogP contribution in [0.2, 0.25) is 0 Å². The van der Waals surface area contributed by atoms with Crippen molar-refractivity contribution in [2.45, 2.75) is 39.0 Å². The van der Waals surface area contributed by atoms with E-state index in [1.165, 1.54) is 12.3 Å². The highest BCUT2D eigenvalue weighted by Gasteiger charge is 2.28. The van der Waals surface area contributed by atoms with Gasteiger partial charge in [0.25, 0.3) is 0 Å². The third kappa shape index (κ3) is 6.44. The van der Waals surface area contributed by atoms with Crippen LogP contribution in [0.25, 0.3) is 0 Å². The summed E-state index contributed by atoms with van der Waals surface area (Å²) in [6, 6.07) is 3.13. The standard InChI is InChI=1S/C12H17F3N2O/c1-11(2,3)17-7-9-4-5-10(16-6-9)18-8-12(13,14)15/h4-6,17H,7-8H2,1-3H3. The zero-order chi connectivity index (χ0) is 13.8. The van der Waals surface area contributed by atoms with Crippen LogP contribution in [0.5, 0.6) is 5.88 Å². The van der Waals surface area contributed by atoms with Crippen LogP contribution in [0, 0.1) is 0 Å². The van der Waals surface area contributed by atoms with Crippen LogP contribution in [0.3, 0.4) is 0 Å². The lowest BCUT2D eigenvalue weighted by molar-refractivity contribution is -0.154. The molecule has 3 nitrogen and oxygen atoms in total. The van der Waals surface area contributed by atoms with E-state index in [0.29, 0.717) is 6.54 Å². The monoisotopic (exact) mass is 262 g/mol. The average Bonchev–Trinajstić information content (AvgIpc) is 2.23. The Kier molecular flexibility index (Phi) is 4.56. The van der Waals surface area contributed by atoms with E-state index in [0.717, 1.165) is 5.56 Å². The molecule has 6 heteroatoms. The summed E-state index contributed by atoms with van der Waals surface area (Å²) in [5.41, 5.74) is 0.870. The van der Waals surface area contributed by atoms with Crippen molar-refractivity contribution in [2.75, 3.05) is 6.61 Å². The number of ether oxygens (including phenoxy) is 1. The molecule has 1 heterocycles. The molecule has 0 aliphatic heterocycles. The van der Waals surface area contributed by atoms with Gasteiger partial charge in [-0.2, -0.15) is 13.2 Å². The summed E-state index contributed by atoms with van der Waals surface area (Å²) >= 11 is 0. The van der Waals surface area contributed by atoms with Crippen LogP contribution in [0.1, 0.15) is 26.3 Å². The van der Waals surface area contributed by atoms with Crippen LogP contribution in [-0.2, 0) is 6.54 Å². The van der Waals surface area contributed by atoms with E-state index in [2.05, 4.69) is 15.0 Å². The SMILES string of the molecule is CC(C)(C)NCc1ccc(OCC(F)(F)F)nc1. The fraction of sp³-hybridized carbons (Fsp3) is 0.583. The topological polar surface area (TPSA) is 34.1 Å².